The molecule has 3 atom stereocenters. The number of thiophene rings is 1. The van der Waals surface area contributed by atoms with Gasteiger partial charge in [-0.25, -0.2) is 0 Å². The van der Waals surface area contributed by atoms with E-state index in [1.54, 1.807) is 0 Å². The summed E-state index contributed by atoms with van der Waals surface area (Å²) in [6.07, 6.45) is 5.02. The van der Waals surface area contributed by atoms with Gasteiger partial charge in [0.1, 0.15) is 40.1 Å². The van der Waals surface area contributed by atoms with Crippen molar-refractivity contribution >= 4 is 22.2 Å². The lowest BCUT2D eigenvalue weighted by molar-refractivity contribution is 0.112. The van der Waals surface area contributed by atoms with E-state index in [1.165, 1.54) is 22.6 Å². The molecule has 10 nitrogen and oxygen atoms in total. The Morgan fingerprint density at radius 1 is 1.23 bits per heavy atom. The maximum absolute atomic E-state index is 9.86. The summed E-state index contributed by atoms with van der Waals surface area (Å²) in [7, 11) is 2.15. The second-order valence-electron chi connectivity index (χ2n) is 11.2. The van der Waals surface area contributed by atoms with Crippen LogP contribution in [0.4, 0.5) is 10.8 Å². The number of nitriles is 1. The predicted octanol–water partition coefficient (Wildman–Crippen LogP) is 3.56. The minimum atomic E-state index is -0.479. The van der Waals surface area contributed by atoms with E-state index in [9.17, 15) is 5.26 Å². The van der Waals surface area contributed by atoms with Gasteiger partial charge in [-0.15, -0.1) is 11.3 Å². The third-order valence-electron chi connectivity index (χ3n) is 8.61. The van der Waals surface area contributed by atoms with Gasteiger partial charge in [0.25, 0.3) is 0 Å². The van der Waals surface area contributed by atoms with Crippen LogP contribution in [0.1, 0.15) is 61.3 Å². The zero-order valence-electron chi connectivity index (χ0n) is 22.9. The number of nitrogens with one attached hydrogen (secondary N) is 1. The minimum absolute atomic E-state index is 0.0375. The van der Waals surface area contributed by atoms with E-state index in [4.69, 9.17) is 25.0 Å². The first-order valence-electron chi connectivity index (χ1n) is 13.9. The van der Waals surface area contributed by atoms with Crippen molar-refractivity contribution in [2.75, 3.05) is 50.4 Å². The first kappa shape index (κ1) is 26.0. The Bertz CT molecular complexity index is 1390. The first-order chi connectivity index (χ1) is 18.9. The molecule has 3 aromatic heterocycles. The highest BCUT2D eigenvalue weighted by atomic mass is 32.1. The average Bonchev–Trinajstić information content (AvgIpc) is 3.68. The summed E-state index contributed by atoms with van der Waals surface area (Å²) in [6.45, 7) is 8.83. The zero-order chi connectivity index (χ0) is 27.1. The Morgan fingerprint density at radius 2 is 2.05 bits per heavy atom. The number of nitrogens with two attached hydrogens (primary N) is 1. The molecule has 1 aliphatic carbocycles. The summed E-state index contributed by atoms with van der Waals surface area (Å²) in [6, 6.07) is 6.98. The van der Waals surface area contributed by atoms with Gasteiger partial charge in [0.2, 0.25) is 0 Å². The highest BCUT2D eigenvalue weighted by Gasteiger charge is 2.41. The maximum Gasteiger partial charge on any atom is 0.319 e. The number of nitrogen functional groups attached to an aromatic ring is 1. The van der Waals surface area contributed by atoms with Crippen molar-refractivity contribution in [3.8, 4) is 23.5 Å². The van der Waals surface area contributed by atoms with E-state index in [0.717, 1.165) is 75.5 Å². The van der Waals surface area contributed by atoms with Crippen molar-refractivity contribution in [1.29, 1.82) is 5.26 Å². The Morgan fingerprint density at radius 3 is 2.79 bits per heavy atom. The molecule has 0 radical (unpaired) electrons. The second kappa shape index (κ2) is 10.4. The Kier molecular flexibility index (Phi) is 6.95. The van der Waals surface area contributed by atoms with E-state index < -0.39 is 5.41 Å². The van der Waals surface area contributed by atoms with Crippen LogP contribution in [0.5, 0.6) is 6.01 Å². The van der Waals surface area contributed by atoms with Gasteiger partial charge in [0.05, 0.1) is 11.0 Å². The van der Waals surface area contributed by atoms with Gasteiger partial charge < -0.3 is 25.2 Å². The van der Waals surface area contributed by atoms with Gasteiger partial charge in [-0.05, 0) is 65.1 Å². The summed E-state index contributed by atoms with van der Waals surface area (Å²) in [5, 5.41) is 18.3. The van der Waals surface area contributed by atoms with Crippen LogP contribution >= 0.6 is 11.3 Å². The third-order valence-corrected chi connectivity index (χ3v) is 9.69. The van der Waals surface area contributed by atoms with E-state index in [-0.39, 0.29) is 6.10 Å². The van der Waals surface area contributed by atoms with Gasteiger partial charge in [0.15, 0.2) is 0 Å². The Labute approximate surface area is 233 Å². The molecule has 0 bridgehead atoms. The van der Waals surface area contributed by atoms with Crippen LogP contribution in [-0.2, 0) is 11.8 Å². The fraction of sp³-hybridized carbons (Fsp3) is 0.571. The average molecular weight is 549 g/mol. The van der Waals surface area contributed by atoms with Crippen molar-refractivity contribution in [2.45, 2.75) is 63.5 Å². The number of ether oxygens (including phenoxy) is 1. The third kappa shape index (κ3) is 4.75. The van der Waals surface area contributed by atoms with E-state index in [0.29, 0.717) is 34.0 Å². The number of hydrogen-bond donors (Lipinski definition) is 2. The SMILES string of the molecule is C[C@H](Oc1nc(-c2cc(C3(C)CCCc4sc(N)c(C#N)c43)on2)cc(N2CCNCC2)n1)[C@@H]1CCCN1C. The molecule has 6 rings (SSSR count). The largest absolute Gasteiger partial charge is 0.459 e. The Balaban J connectivity index is 1.36. The predicted molar refractivity (Wildman–Crippen MR) is 151 cm³/mol. The smallest absolute Gasteiger partial charge is 0.319 e. The summed E-state index contributed by atoms with van der Waals surface area (Å²) in [5.41, 5.74) is 8.61. The van der Waals surface area contributed by atoms with Crippen molar-refractivity contribution < 1.29 is 9.26 Å². The molecule has 5 heterocycles. The molecule has 1 unspecified atom stereocenters. The van der Waals surface area contributed by atoms with Gasteiger partial charge >= 0.3 is 6.01 Å². The molecular formula is C28H36N8O2S. The van der Waals surface area contributed by atoms with Crippen LogP contribution in [-0.4, -0.2) is 71.9 Å². The fourth-order valence-corrected chi connectivity index (χ4v) is 7.62. The van der Waals surface area contributed by atoms with Gasteiger partial charge in [-0.2, -0.15) is 15.2 Å². The lowest BCUT2D eigenvalue weighted by Crippen LogP contribution is -2.44. The molecule has 2 aliphatic heterocycles. The van der Waals surface area contributed by atoms with Crippen LogP contribution in [0.25, 0.3) is 11.4 Å². The van der Waals surface area contributed by atoms with Crippen molar-refractivity contribution in [2.24, 2.45) is 0 Å². The van der Waals surface area contributed by atoms with Crippen molar-refractivity contribution in [3.05, 3.63) is 33.9 Å². The molecule has 206 valence electrons. The van der Waals surface area contributed by atoms with Crippen LogP contribution in [0, 0.1) is 11.3 Å². The van der Waals surface area contributed by atoms with Gasteiger partial charge in [0, 0.05) is 49.2 Å². The highest BCUT2D eigenvalue weighted by molar-refractivity contribution is 7.16. The van der Waals surface area contributed by atoms with Crippen LogP contribution in [0.15, 0.2) is 16.7 Å². The number of likely N-dealkylation sites (tertiary alicyclic amines) is 1. The number of aryl methyl sites for hydroxylation is 1. The number of hydrogen-bond acceptors (Lipinski definition) is 11. The molecule has 3 aromatic rings. The second-order valence-corrected chi connectivity index (χ2v) is 12.3. The molecule has 39 heavy (non-hydrogen) atoms. The summed E-state index contributed by atoms with van der Waals surface area (Å²) in [5.74, 6) is 1.55. The quantitative estimate of drug-likeness (QED) is 0.472. The first-order valence-corrected chi connectivity index (χ1v) is 14.7. The molecular weight excluding hydrogens is 512 g/mol. The monoisotopic (exact) mass is 548 g/mol. The zero-order valence-corrected chi connectivity index (χ0v) is 23.7. The molecule has 2 fully saturated rings. The topological polar surface area (TPSA) is 129 Å². The minimum Gasteiger partial charge on any atom is -0.459 e. The molecule has 2 saturated heterocycles. The lowest BCUT2D eigenvalue weighted by Gasteiger charge is -2.31. The number of likely N-dealkylation sites (N-methyl/N-ethyl adjacent to an activating group) is 1. The van der Waals surface area contributed by atoms with Crippen molar-refractivity contribution in [3.63, 3.8) is 0 Å². The van der Waals surface area contributed by atoms with Crippen LogP contribution in [0.3, 0.4) is 0 Å². The molecule has 0 spiro atoms. The number of anilines is 2. The summed E-state index contributed by atoms with van der Waals surface area (Å²) in [4.78, 5) is 15.4. The number of nitrogens with zero attached hydrogens (tertiary/aromatic N) is 6. The normalized spacial score (nSPS) is 24.4. The van der Waals surface area contributed by atoms with E-state index in [2.05, 4.69) is 47.2 Å². The number of aromatic nitrogens is 3. The fourth-order valence-electron chi connectivity index (χ4n) is 6.42. The van der Waals surface area contributed by atoms with Gasteiger partial charge in [-0.3, -0.25) is 4.90 Å². The summed E-state index contributed by atoms with van der Waals surface area (Å²) >= 11 is 1.52. The summed E-state index contributed by atoms with van der Waals surface area (Å²) < 4.78 is 12.4. The number of fused-ring (bicyclic) bond motifs is 1. The molecule has 11 heteroatoms. The standard InChI is InChI=1S/C28H36N8O2S/c1-17(21-6-5-11-35(21)3)37-27-32-19(15-24(33-27)36-12-9-31-10-13-36)20-14-23(38-34-20)28(2)8-4-7-22-25(28)18(16-29)26(30)39-22/h14-15,17,21,31H,4-13,30H2,1-3H3/t17-,21-,28?/m0/s1. The van der Waals surface area contributed by atoms with E-state index in [1.807, 2.05) is 12.1 Å². The molecule has 0 saturated carbocycles. The number of piperazine rings is 1. The van der Waals surface area contributed by atoms with Crippen molar-refractivity contribution in [1.82, 2.24) is 25.3 Å². The van der Waals surface area contributed by atoms with E-state index >= 15 is 0 Å². The van der Waals surface area contributed by atoms with Crippen LogP contribution < -0.4 is 20.7 Å². The number of rotatable bonds is 6. The Hall–Kier alpha value is -3.20. The lowest BCUT2D eigenvalue weighted by atomic mass is 9.71. The maximum atomic E-state index is 9.86. The van der Waals surface area contributed by atoms with Crippen LogP contribution in [0.2, 0.25) is 0 Å². The molecule has 3 aliphatic rings. The molecule has 3 N–H and O–H groups in total. The molecule has 0 amide bonds. The molecule has 0 aromatic carbocycles. The highest BCUT2D eigenvalue weighted by Crippen LogP contribution is 2.49. The van der Waals surface area contributed by atoms with Gasteiger partial charge in [-0.1, -0.05) is 5.16 Å².